The van der Waals surface area contributed by atoms with Gasteiger partial charge in [-0.15, -0.1) is 0 Å². The quantitative estimate of drug-likeness (QED) is 0.872. The van der Waals surface area contributed by atoms with Crippen LogP contribution in [0.4, 0.5) is 0 Å². The van der Waals surface area contributed by atoms with E-state index in [1.807, 2.05) is 28.8 Å². The first-order chi connectivity index (χ1) is 8.24. The van der Waals surface area contributed by atoms with Gasteiger partial charge in [0.1, 0.15) is 0 Å². The van der Waals surface area contributed by atoms with Gasteiger partial charge in [0, 0.05) is 30.6 Å². The third kappa shape index (κ3) is 2.11. The predicted octanol–water partition coefficient (Wildman–Crippen LogP) is 2.10. The molecular formula is C13H18N2OS. The first kappa shape index (κ1) is 11.2. The highest BCUT2D eigenvalue weighted by molar-refractivity contribution is 7.08. The molecule has 2 aliphatic rings. The molecule has 2 unspecified atom stereocenters. The average Bonchev–Trinajstić information content (AvgIpc) is 2.97. The summed E-state index contributed by atoms with van der Waals surface area (Å²) in [5, 5.41) is 7.52. The maximum Gasteiger partial charge on any atom is 0.254 e. The molecule has 1 amide bonds. The molecule has 3 rings (SSSR count). The minimum Gasteiger partial charge on any atom is -0.339 e. The van der Waals surface area contributed by atoms with Crippen LogP contribution >= 0.6 is 11.3 Å². The number of rotatable bonds is 2. The third-order valence-electron chi connectivity index (χ3n) is 4.08. The number of piperidine rings is 1. The molecule has 1 aromatic rings. The molecule has 1 N–H and O–H groups in total. The Labute approximate surface area is 106 Å². The molecule has 2 aliphatic heterocycles. The highest BCUT2D eigenvalue weighted by Gasteiger charge is 2.36. The van der Waals surface area contributed by atoms with Crippen molar-refractivity contribution >= 4 is 17.2 Å². The van der Waals surface area contributed by atoms with Gasteiger partial charge in [0.05, 0.1) is 5.56 Å². The summed E-state index contributed by atoms with van der Waals surface area (Å²) < 4.78 is 0. The van der Waals surface area contributed by atoms with Gasteiger partial charge < -0.3 is 10.2 Å². The molecular weight excluding hydrogens is 232 g/mol. The number of amides is 1. The van der Waals surface area contributed by atoms with Crippen molar-refractivity contribution in [2.75, 3.05) is 7.05 Å². The highest BCUT2D eigenvalue weighted by Crippen LogP contribution is 2.29. The van der Waals surface area contributed by atoms with E-state index in [0.29, 0.717) is 18.1 Å². The van der Waals surface area contributed by atoms with E-state index >= 15 is 0 Å². The van der Waals surface area contributed by atoms with Crippen molar-refractivity contribution in [1.29, 1.82) is 0 Å². The van der Waals surface area contributed by atoms with Gasteiger partial charge in [-0.2, -0.15) is 11.3 Å². The molecule has 0 aromatic carbocycles. The van der Waals surface area contributed by atoms with Gasteiger partial charge in [-0.3, -0.25) is 4.79 Å². The lowest BCUT2D eigenvalue weighted by molar-refractivity contribution is 0.0682. The van der Waals surface area contributed by atoms with Crippen LogP contribution in [0.2, 0.25) is 0 Å². The first-order valence-corrected chi connectivity index (χ1v) is 7.23. The van der Waals surface area contributed by atoms with Gasteiger partial charge in [-0.25, -0.2) is 0 Å². The number of nitrogens with one attached hydrogen (secondary N) is 1. The number of carbonyl (C=O) groups excluding carboxylic acids is 1. The molecule has 3 nitrogen and oxygen atoms in total. The van der Waals surface area contributed by atoms with Crippen molar-refractivity contribution in [3.63, 3.8) is 0 Å². The molecule has 2 atom stereocenters. The summed E-state index contributed by atoms with van der Waals surface area (Å²) >= 11 is 1.59. The normalized spacial score (nSPS) is 31.5. The van der Waals surface area contributed by atoms with E-state index in [9.17, 15) is 4.79 Å². The smallest absolute Gasteiger partial charge is 0.254 e. The number of thiophene rings is 1. The molecule has 2 saturated heterocycles. The van der Waals surface area contributed by atoms with Gasteiger partial charge >= 0.3 is 0 Å². The zero-order valence-corrected chi connectivity index (χ0v) is 10.9. The van der Waals surface area contributed by atoms with Gasteiger partial charge in [0.15, 0.2) is 0 Å². The van der Waals surface area contributed by atoms with Crippen LogP contribution in [0.15, 0.2) is 16.8 Å². The number of carbonyl (C=O) groups is 1. The largest absolute Gasteiger partial charge is 0.339 e. The van der Waals surface area contributed by atoms with E-state index in [0.717, 1.165) is 18.4 Å². The summed E-state index contributed by atoms with van der Waals surface area (Å²) in [5.74, 6) is 0.178. The summed E-state index contributed by atoms with van der Waals surface area (Å²) in [6, 6.07) is 3.60. The fraction of sp³-hybridized carbons (Fsp3) is 0.615. The highest BCUT2D eigenvalue weighted by atomic mass is 32.1. The monoisotopic (exact) mass is 250 g/mol. The van der Waals surface area contributed by atoms with Crippen LogP contribution in [0.5, 0.6) is 0 Å². The predicted molar refractivity (Wildman–Crippen MR) is 69.4 cm³/mol. The number of hydrogen-bond donors (Lipinski definition) is 1. The van der Waals surface area contributed by atoms with Crippen LogP contribution in [0.25, 0.3) is 0 Å². The molecule has 0 spiro atoms. The Hall–Kier alpha value is -0.870. The Balaban J connectivity index is 1.70. The summed E-state index contributed by atoms with van der Waals surface area (Å²) in [6.07, 6.45) is 4.79. The van der Waals surface area contributed by atoms with E-state index < -0.39 is 0 Å². The van der Waals surface area contributed by atoms with E-state index in [1.165, 1.54) is 12.8 Å². The molecule has 4 heteroatoms. The summed E-state index contributed by atoms with van der Waals surface area (Å²) in [4.78, 5) is 14.2. The van der Waals surface area contributed by atoms with E-state index in [1.54, 1.807) is 11.3 Å². The molecule has 0 aliphatic carbocycles. The lowest BCUT2D eigenvalue weighted by Gasteiger charge is -2.35. The molecule has 0 radical (unpaired) electrons. The Morgan fingerprint density at radius 3 is 2.71 bits per heavy atom. The SMILES string of the molecule is CN(C(=O)c1ccsc1)C1CC2CCC(C1)N2. The molecule has 0 saturated carbocycles. The van der Waals surface area contributed by atoms with Crippen LogP contribution in [-0.4, -0.2) is 36.0 Å². The van der Waals surface area contributed by atoms with E-state index in [4.69, 9.17) is 0 Å². The van der Waals surface area contributed by atoms with E-state index in [-0.39, 0.29) is 5.91 Å². The minimum absolute atomic E-state index is 0.178. The van der Waals surface area contributed by atoms with Crippen molar-refractivity contribution in [2.24, 2.45) is 0 Å². The zero-order valence-electron chi connectivity index (χ0n) is 10.1. The summed E-state index contributed by atoms with van der Waals surface area (Å²) in [7, 11) is 1.95. The Kier molecular flexibility index (Phi) is 2.92. The van der Waals surface area contributed by atoms with Crippen LogP contribution in [0.3, 0.4) is 0 Å². The molecule has 2 bridgehead atoms. The van der Waals surface area contributed by atoms with Crippen LogP contribution < -0.4 is 5.32 Å². The van der Waals surface area contributed by atoms with Crippen molar-refractivity contribution in [2.45, 2.75) is 43.8 Å². The maximum absolute atomic E-state index is 12.3. The zero-order chi connectivity index (χ0) is 11.8. The molecule has 1 aromatic heterocycles. The third-order valence-corrected chi connectivity index (χ3v) is 4.77. The van der Waals surface area contributed by atoms with Crippen molar-refractivity contribution < 1.29 is 4.79 Å². The number of fused-ring (bicyclic) bond motifs is 2. The summed E-state index contributed by atoms with van der Waals surface area (Å²) in [6.45, 7) is 0. The fourth-order valence-electron chi connectivity index (χ4n) is 3.10. The lowest BCUT2D eigenvalue weighted by Crippen LogP contribution is -2.48. The standard InChI is InChI=1S/C13H18N2OS/c1-15(13(16)9-4-5-17-8-9)12-6-10-2-3-11(7-12)14-10/h4-5,8,10-12,14H,2-3,6-7H2,1H3. The summed E-state index contributed by atoms with van der Waals surface area (Å²) in [5.41, 5.74) is 0.836. The fourth-order valence-corrected chi connectivity index (χ4v) is 3.73. The molecule has 2 fully saturated rings. The Morgan fingerprint density at radius 2 is 2.12 bits per heavy atom. The van der Waals surface area contributed by atoms with Gasteiger partial charge in [0.2, 0.25) is 0 Å². The van der Waals surface area contributed by atoms with Crippen LogP contribution in [0.1, 0.15) is 36.0 Å². The van der Waals surface area contributed by atoms with Crippen LogP contribution in [-0.2, 0) is 0 Å². The van der Waals surface area contributed by atoms with Crippen molar-refractivity contribution in [3.05, 3.63) is 22.4 Å². The Bertz CT molecular complexity index is 392. The topological polar surface area (TPSA) is 32.3 Å². The maximum atomic E-state index is 12.3. The second-order valence-corrected chi connectivity index (χ2v) is 5.97. The minimum atomic E-state index is 0.178. The number of nitrogens with zero attached hydrogens (tertiary/aromatic N) is 1. The number of hydrogen-bond acceptors (Lipinski definition) is 3. The van der Waals surface area contributed by atoms with Crippen LogP contribution in [0, 0.1) is 0 Å². The van der Waals surface area contributed by atoms with Crippen molar-refractivity contribution in [3.8, 4) is 0 Å². The van der Waals surface area contributed by atoms with E-state index in [2.05, 4.69) is 5.32 Å². The van der Waals surface area contributed by atoms with Gasteiger partial charge in [-0.05, 0) is 37.1 Å². The second kappa shape index (κ2) is 4.42. The lowest BCUT2D eigenvalue weighted by atomic mass is 9.98. The molecule has 17 heavy (non-hydrogen) atoms. The first-order valence-electron chi connectivity index (χ1n) is 6.29. The van der Waals surface area contributed by atoms with Gasteiger partial charge in [-0.1, -0.05) is 0 Å². The van der Waals surface area contributed by atoms with Crippen molar-refractivity contribution in [1.82, 2.24) is 10.2 Å². The molecule has 92 valence electrons. The van der Waals surface area contributed by atoms with Gasteiger partial charge in [0.25, 0.3) is 5.91 Å². The average molecular weight is 250 g/mol. The molecule has 3 heterocycles. The Morgan fingerprint density at radius 1 is 1.41 bits per heavy atom. The second-order valence-electron chi connectivity index (χ2n) is 5.19.